The van der Waals surface area contributed by atoms with Crippen molar-refractivity contribution in [3.8, 4) is 0 Å². The van der Waals surface area contributed by atoms with Crippen LogP contribution in [0.1, 0.15) is 37.8 Å². The fourth-order valence-corrected chi connectivity index (χ4v) is 2.29. The van der Waals surface area contributed by atoms with Crippen molar-refractivity contribution >= 4 is 5.82 Å². The summed E-state index contributed by atoms with van der Waals surface area (Å²) < 4.78 is 0. The lowest BCUT2D eigenvalue weighted by molar-refractivity contribution is 0.317. The molecular formula is C13H21N3. The highest BCUT2D eigenvalue weighted by Crippen LogP contribution is 2.29. The van der Waals surface area contributed by atoms with Crippen LogP contribution in [0.15, 0.2) is 18.3 Å². The summed E-state index contributed by atoms with van der Waals surface area (Å²) in [4.78, 5) is 6.87. The van der Waals surface area contributed by atoms with Gasteiger partial charge in [0.25, 0.3) is 0 Å². The monoisotopic (exact) mass is 219 g/mol. The van der Waals surface area contributed by atoms with Gasteiger partial charge in [-0.1, -0.05) is 13.0 Å². The molecule has 1 fully saturated rings. The molecule has 16 heavy (non-hydrogen) atoms. The van der Waals surface area contributed by atoms with E-state index in [9.17, 15) is 0 Å². The Balaban J connectivity index is 2.01. The molecule has 1 aliphatic heterocycles. The normalized spacial score (nSPS) is 21.2. The van der Waals surface area contributed by atoms with Gasteiger partial charge in [-0.2, -0.15) is 0 Å². The molecule has 0 aliphatic carbocycles. The number of rotatable bonds is 4. The van der Waals surface area contributed by atoms with Crippen molar-refractivity contribution in [1.82, 2.24) is 9.88 Å². The maximum absolute atomic E-state index is 4.46. The quantitative estimate of drug-likeness (QED) is 0.844. The van der Waals surface area contributed by atoms with Gasteiger partial charge in [-0.3, -0.25) is 4.90 Å². The fourth-order valence-electron chi connectivity index (χ4n) is 2.29. The lowest BCUT2D eigenvalue weighted by atomic mass is 10.1. The van der Waals surface area contributed by atoms with E-state index in [4.69, 9.17) is 0 Å². The van der Waals surface area contributed by atoms with Gasteiger partial charge < -0.3 is 5.32 Å². The average molecular weight is 219 g/mol. The van der Waals surface area contributed by atoms with Gasteiger partial charge in [0.15, 0.2) is 0 Å². The van der Waals surface area contributed by atoms with Crippen LogP contribution in [0.2, 0.25) is 0 Å². The van der Waals surface area contributed by atoms with Gasteiger partial charge in [-0.25, -0.2) is 4.98 Å². The predicted molar refractivity (Wildman–Crippen MR) is 67.6 cm³/mol. The number of hydrogen-bond acceptors (Lipinski definition) is 3. The summed E-state index contributed by atoms with van der Waals surface area (Å²) in [5.74, 6) is 0.992. The van der Waals surface area contributed by atoms with Crippen LogP contribution in [0.5, 0.6) is 0 Å². The molecule has 0 radical (unpaired) electrons. The lowest BCUT2D eigenvalue weighted by Gasteiger charge is -2.19. The smallest absolute Gasteiger partial charge is 0.125 e. The third-order valence-corrected chi connectivity index (χ3v) is 3.25. The van der Waals surface area contributed by atoms with E-state index in [0.717, 1.165) is 18.8 Å². The topological polar surface area (TPSA) is 28.2 Å². The molecule has 2 rings (SSSR count). The Labute approximate surface area is 97.9 Å². The van der Waals surface area contributed by atoms with Crippen molar-refractivity contribution in [3.63, 3.8) is 0 Å². The van der Waals surface area contributed by atoms with Crippen molar-refractivity contribution in [2.24, 2.45) is 0 Å². The first-order chi connectivity index (χ1) is 7.81. The van der Waals surface area contributed by atoms with Crippen LogP contribution in [-0.4, -0.2) is 30.0 Å². The Hall–Kier alpha value is -1.09. The van der Waals surface area contributed by atoms with Crippen LogP contribution in [0, 0.1) is 0 Å². The minimum Gasteiger partial charge on any atom is -0.370 e. The number of pyridine rings is 1. The Morgan fingerprint density at radius 2 is 2.38 bits per heavy atom. The summed E-state index contributed by atoms with van der Waals surface area (Å²) in [6, 6.07) is 4.88. The molecular weight excluding hydrogens is 198 g/mol. The number of likely N-dealkylation sites (tertiary alicyclic amines) is 1. The van der Waals surface area contributed by atoms with Gasteiger partial charge in [-0.05, 0) is 44.5 Å². The Bertz CT molecular complexity index is 320. The first-order valence-corrected chi connectivity index (χ1v) is 6.21. The minimum atomic E-state index is 0.577. The third kappa shape index (κ3) is 2.53. The van der Waals surface area contributed by atoms with Crippen molar-refractivity contribution in [2.45, 2.75) is 32.2 Å². The van der Waals surface area contributed by atoms with Gasteiger partial charge in [0.1, 0.15) is 5.82 Å². The Morgan fingerprint density at radius 3 is 2.94 bits per heavy atom. The molecule has 0 unspecified atom stereocenters. The zero-order valence-corrected chi connectivity index (χ0v) is 10.2. The molecule has 3 nitrogen and oxygen atoms in total. The molecule has 0 spiro atoms. The van der Waals surface area contributed by atoms with Crippen LogP contribution in [-0.2, 0) is 0 Å². The summed E-state index contributed by atoms with van der Waals surface area (Å²) in [5, 5.41) is 3.30. The molecule has 2 heterocycles. The fraction of sp³-hybridized carbons (Fsp3) is 0.615. The molecule has 88 valence electrons. The van der Waals surface area contributed by atoms with E-state index in [1.807, 2.05) is 6.20 Å². The van der Waals surface area contributed by atoms with Gasteiger partial charge in [0.2, 0.25) is 0 Å². The highest BCUT2D eigenvalue weighted by molar-refractivity contribution is 5.36. The number of aromatic nitrogens is 1. The third-order valence-electron chi connectivity index (χ3n) is 3.25. The van der Waals surface area contributed by atoms with E-state index in [0.29, 0.717) is 6.04 Å². The zero-order valence-electron chi connectivity index (χ0n) is 10.2. The second kappa shape index (κ2) is 5.30. The van der Waals surface area contributed by atoms with Crippen molar-refractivity contribution in [2.75, 3.05) is 25.5 Å². The van der Waals surface area contributed by atoms with Crippen LogP contribution in [0.25, 0.3) is 0 Å². The van der Waals surface area contributed by atoms with Gasteiger partial charge in [0.05, 0.1) is 0 Å². The van der Waals surface area contributed by atoms with E-state index >= 15 is 0 Å². The summed E-state index contributed by atoms with van der Waals surface area (Å²) >= 11 is 0. The van der Waals surface area contributed by atoms with Crippen LogP contribution in [0.3, 0.4) is 0 Å². The number of hydrogen-bond donors (Lipinski definition) is 1. The molecule has 1 aromatic heterocycles. The van der Waals surface area contributed by atoms with Gasteiger partial charge in [-0.15, -0.1) is 0 Å². The molecule has 3 heteroatoms. The molecule has 1 aliphatic rings. The molecule has 0 saturated carbocycles. The number of anilines is 1. The van der Waals surface area contributed by atoms with E-state index in [-0.39, 0.29) is 0 Å². The second-order valence-corrected chi connectivity index (χ2v) is 4.54. The van der Waals surface area contributed by atoms with Crippen molar-refractivity contribution < 1.29 is 0 Å². The number of nitrogens with zero attached hydrogens (tertiary/aromatic N) is 2. The van der Waals surface area contributed by atoms with E-state index in [1.54, 1.807) is 0 Å². The SMILES string of the molecule is CCCNc1ccc([C@@H]2CCCN2C)cn1. The van der Waals surface area contributed by atoms with Crippen LogP contribution < -0.4 is 5.32 Å². The molecule has 1 N–H and O–H groups in total. The number of nitrogens with one attached hydrogen (secondary N) is 1. The molecule has 1 saturated heterocycles. The Morgan fingerprint density at radius 1 is 1.50 bits per heavy atom. The van der Waals surface area contributed by atoms with Crippen molar-refractivity contribution in [1.29, 1.82) is 0 Å². The summed E-state index contributed by atoms with van der Waals surface area (Å²) in [7, 11) is 2.20. The van der Waals surface area contributed by atoms with E-state index < -0.39 is 0 Å². The van der Waals surface area contributed by atoms with Crippen LogP contribution in [0.4, 0.5) is 5.82 Å². The Kier molecular flexibility index (Phi) is 3.78. The molecule has 0 amide bonds. The first-order valence-electron chi connectivity index (χ1n) is 6.21. The summed E-state index contributed by atoms with van der Waals surface area (Å²) in [6.45, 7) is 4.37. The predicted octanol–water partition coefficient (Wildman–Crippen LogP) is 2.67. The minimum absolute atomic E-state index is 0.577. The molecule has 1 aromatic rings. The first kappa shape index (κ1) is 11.4. The summed E-state index contributed by atoms with van der Waals surface area (Å²) in [5.41, 5.74) is 1.35. The van der Waals surface area contributed by atoms with Gasteiger partial charge >= 0.3 is 0 Å². The largest absolute Gasteiger partial charge is 0.370 e. The maximum atomic E-state index is 4.46. The highest BCUT2D eigenvalue weighted by atomic mass is 15.1. The van der Waals surface area contributed by atoms with E-state index in [2.05, 4.69) is 41.3 Å². The average Bonchev–Trinajstić information content (AvgIpc) is 2.74. The highest BCUT2D eigenvalue weighted by Gasteiger charge is 2.22. The van der Waals surface area contributed by atoms with Gasteiger partial charge in [0, 0.05) is 18.8 Å². The molecule has 1 atom stereocenters. The second-order valence-electron chi connectivity index (χ2n) is 4.54. The van der Waals surface area contributed by atoms with Crippen LogP contribution >= 0.6 is 0 Å². The molecule has 0 bridgehead atoms. The standard InChI is InChI=1S/C13H21N3/c1-3-8-14-13-7-6-11(10-15-13)12-5-4-9-16(12)2/h6-7,10,12H,3-5,8-9H2,1-2H3,(H,14,15)/t12-/m0/s1. The van der Waals surface area contributed by atoms with Crippen molar-refractivity contribution in [3.05, 3.63) is 23.9 Å². The van der Waals surface area contributed by atoms with E-state index in [1.165, 1.54) is 24.9 Å². The zero-order chi connectivity index (χ0) is 11.4. The molecule has 0 aromatic carbocycles. The maximum Gasteiger partial charge on any atom is 0.125 e. The summed E-state index contributed by atoms with van der Waals surface area (Å²) in [6.07, 6.45) is 5.72. The lowest BCUT2D eigenvalue weighted by Crippen LogP contribution is -2.17.